The topological polar surface area (TPSA) is 87.0 Å². The average Bonchev–Trinajstić information content (AvgIpc) is 2.70. The number of pyridine rings is 1. The molecule has 1 aromatic heterocycles. The van der Waals surface area contributed by atoms with Crippen LogP contribution in [-0.4, -0.2) is 18.0 Å². The van der Waals surface area contributed by atoms with E-state index in [1.807, 2.05) is 0 Å². The second-order valence-corrected chi connectivity index (χ2v) is 6.08. The van der Waals surface area contributed by atoms with E-state index in [1.165, 1.54) is 31.5 Å². The minimum absolute atomic E-state index is 0.0533. The van der Waals surface area contributed by atoms with Crippen LogP contribution < -0.4 is 15.4 Å². The van der Waals surface area contributed by atoms with Crippen molar-refractivity contribution < 1.29 is 13.9 Å². The predicted octanol–water partition coefficient (Wildman–Crippen LogP) is 4.78. The van der Waals surface area contributed by atoms with E-state index in [9.17, 15) is 14.4 Å². The number of ether oxygens (including phenoxy) is 1. The maximum Gasteiger partial charge on any atom is 0.247 e. The number of amides is 1. The number of rotatable bonds is 5. The molecule has 0 radical (unpaired) electrons. The molecule has 0 saturated heterocycles. The highest BCUT2D eigenvalue weighted by Crippen LogP contribution is 2.36. The van der Waals surface area contributed by atoms with E-state index in [-0.39, 0.29) is 10.6 Å². The van der Waals surface area contributed by atoms with Crippen molar-refractivity contribution in [2.24, 2.45) is 0 Å². The number of hydrogen-bond acceptors (Lipinski definition) is 5. The zero-order chi connectivity index (χ0) is 20.3. The summed E-state index contributed by atoms with van der Waals surface area (Å²) >= 11 is 5.84. The quantitative estimate of drug-likeness (QED) is 0.606. The van der Waals surface area contributed by atoms with Crippen molar-refractivity contribution in [2.75, 3.05) is 17.7 Å². The van der Waals surface area contributed by atoms with Gasteiger partial charge in [-0.3, -0.25) is 9.78 Å². The van der Waals surface area contributed by atoms with E-state index < -0.39 is 11.7 Å². The zero-order valence-electron chi connectivity index (χ0n) is 14.7. The van der Waals surface area contributed by atoms with Gasteiger partial charge in [-0.15, -0.1) is 0 Å². The van der Waals surface area contributed by atoms with Crippen LogP contribution in [0.4, 0.5) is 21.5 Å². The van der Waals surface area contributed by atoms with Gasteiger partial charge < -0.3 is 15.4 Å². The van der Waals surface area contributed by atoms with Gasteiger partial charge in [0.05, 0.1) is 34.6 Å². The predicted molar refractivity (Wildman–Crippen MR) is 107 cm³/mol. The summed E-state index contributed by atoms with van der Waals surface area (Å²) in [6, 6.07) is 9.47. The second-order valence-electron chi connectivity index (χ2n) is 5.68. The van der Waals surface area contributed by atoms with Gasteiger partial charge in [-0.05, 0) is 30.3 Å². The van der Waals surface area contributed by atoms with Gasteiger partial charge in [-0.25, -0.2) is 4.39 Å². The number of aromatic nitrogens is 1. The molecule has 8 heteroatoms. The van der Waals surface area contributed by atoms with Gasteiger partial charge in [0.1, 0.15) is 17.6 Å². The number of fused-ring (bicyclic) bond motifs is 1. The van der Waals surface area contributed by atoms with Crippen molar-refractivity contribution >= 4 is 45.5 Å². The fourth-order valence-corrected chi connectivity index (χ4v) is 2.79. The first kappa shape index (κ1) is 19.1. The van der Waals surface area contributed by atoms with E-state index in [1.54, 1.807) is 12.1 Å². The first-order chi connectivity index (χ1) is 13.5. The molecule has 0 saturated carbocycles. The minimum Gasteiger partial charge on any atom is -0.494 e. The molecule has 28 heavy (non-hydrogen) atoms. The minimum atomic E-state index is -0.550. The molecule has 3 aromatic rings. The summed E-state index contributed by atoms with van der Waals surface area (Å²) in [6.07, 6.45) is 2.55. The molecule has 0 aliphatic carbocycles. The van der Waals surface area contributed by atoms with Gasteiger partial charge >= 0.3 is 0 Å². The maximum absolute atomic E-state index is 13.4. The van der Waals surface area contributed by atoms with Crippen molar-refractivity contribution in [2.45, 2.75) is 0 Å². The van der Waals surface area contributed by atoms with E-state index in [0.717, 1.165) is 6.08 Å². The lowest BCUT2D eigenvalue weighted by Crippen LogP contribution is -2.09. The van der Waals surface area contributed by atoms with Gasteiger partial charge in [0.15, 0.2) is 0 Å². The molecule has 3 rings (SSSR count). The molecule has 2 aromatic carbocycles. The third kappa shape index (κ3) is 3.72. The molecule has 0 atom stereocenters. The van der Waals surface area contributed by atoms with Gasteiger partial charge in [-0.1, -0.05) is 18.2 Å². The number of nitrogens with zero attached hydrogens (tertiary/aromatic N) is 2. The lowest BCUT2D eigenvalue weighted by atomic mass is 10.1. The summed E-state index contributed by atoms with van der Waals surface area (Å²) in [7, 11) is 1.47. The normalized spacial score (nSPS) is 10.2. The largest absolute Gasteiger partial charge is 0.494 e. The van der Waals surface area contributed by atoms with E-state index in [4.69, 9.17) is 16.3 Å². The van der Waals surface area contributed by atoms with Crippen LogP contribution in [0, 0.1) is 17.1 Å². The molecule has 0 fully saturated rings. The number of nitrogens with one attached hydrogen (secondary N) is 2. The van der Waals surface area contributed by atoms with Crippen LogP contribution in [0.3, 0.4) is 0 Å². The average molecular weight is 397 g/mol. The molecule has 6 nitrogen and oxygen atoms in total. The fourth-order valence-electron chi connectivity index (χ4n) is 2.61. The third-order valence-electron chi connectivity index (χ3n) is 3.94. The van der Waals surface area contributed by atoms with Crippen molar-refractivity contribution in [3.05, 3.63) is 65.6 Å². The van der Waals surface area contributed by atoms with Crippen LogP contribution in [-0.2, 0) is 4.79 Å². The fraction of sp³-hybridized carbons (Fsp3) is 0.0500. The number of methoxy groups -OCH3 is 1. The van der Waals surface area contributed by atoms with Crippen LogP contribution >= 0.6 is 11.6 Å². The van der Waals surface area contributed by atoms with E-state index in [2.05, 4.69) is 28.3 Å². The van der Waals surface area contributed by atoms with Crippen molar-refractivity contribution in [1.82, 2.24) is 4.98 Å². The maximum atomic E-state index is 13.4. The van der Waals surface area contributed by atoms with Crippen molar-refractivity contribution in [3.63, 3.8) is 0 Å². The Kier molecular flexibility index (Phi) is 5.43. The highest BCUT2D eigenvalue weighted by molar-refractivity contribution is 6.31. The Bertz CT molecular complexity index is 1140. The molecule has 0 unspecified atom stereocenters. The highest BCUT2D eigenvalue weighted by Gasteiger charge is 2.15. The Morgan fingerprint density at radius 2 is 2.18 bits per heavy atom. The second kappa shape index (κ2) is 7.94. The lowest BCUT2D eigenvalue weighted by Gasteiger charge is -2.15. The van der Waals surface area contributed by atoms with E-state index in [0.29, 0.717) is 33.7 Å². The number of benzene rings is 2. The Hall–Kier alpha value is -3.63. The molecule has 0 aliphatic heterocycles. The van der Waals surface area contributed by atoms with Gasteiger partial charge in [0, 0.05) is 23.3 Å². The molecule has 0 spiro atoms. The first-order valence-electron chi connectivity index (χ1n) is 8.03. The standard InChI is InChI=1S/C20H14ClFN4O2/c1-3-19(27)26-17-7-13-16(8-18(17)28-2)24-10-11(9-23)20(13)25-12-4-5-15(22)14(21)6-12/h3-8,10H,1H2,2H3,(H,24,25)(H,26,27). The Morgan fingerprint density at radius 3 is 2.82 bits per heavy atom. The number of carbonyl (C=O) groups excluding carboxylic acids is 1. The van der Waals surface area contributed by atoms with Crippen LogP contribution in [0.2, 0.25) is 5.02 Å². The van der Waals surface area contributed by atoms with Crippen LogP contribution in [0.1, 0.15) is 5.56 Å². The molecule has 140 valence electrons. The van der Waals surface area contributed by atoms with Gasteiger partial charge in [0.25, 0.3) is 0 Å². The molecule has 1 heterocycles. The number of anilines is 3. The van der Waals surface area contributed by atoms with Crippen LogP contribution in [0.5, 0.6) is 5.75 Å². The van der Waals surface area contributed by atoms with Crippen LogP contribution in [0.25, 0.3) is 10.9 Å². The third-order valence-corrected chi connectivity index (χ3v) is 4.23. The number of hydrogen-bond donors (Lipinski definition) is 2. The van der Waals surface area contributed by atoms with Gasteiger partial charge in [0.2, 0.25) is 5.91 Å². The summed E-state index contributed by atoms with van der Waals surface area (Å²) in [5, 5.41) is 15.7. The first-order valence-corrected chi connectivity index (χ1v) is 8.41. The highest BCUT2D eigenvalue weighted by atomic mass is 35.5. The van der Waals surface area contributed by atoms with Crippen molar-refractivity contribution in [1.29, 1.82) is 5.26 Å². The summed E-state index contributed by atoms with van der Waals surface area (Å²) in [4.78, 5) is 16.0. The smallest absolute Gasteiger partial charge is 0.247 e. The summed E-state index contributed by atoms with van der Waals surface area (Å²) in [5.41, 5.74) is 2.11. The summed E-state index contributed by atoms with van der Waals surface area (Å²) in [5.74, 6) is -0.566. The SMILES string of the molecule is C=CC(=O)Nc1cc2c(Nc3ccc(F)c(Cl)c3)c(C#N)cnc2cc1OC. The van der Waals surface area contributed by atoms with Crippen molar-refractivity contribution in [3.8, 4) is 11.8 Å². The van der Waals surface area contributed by atoms with Gasteiger partial charge in [-0.2, -0.15) is 5.26 Å². The zero-order valence-corrected chi connectivity index (χ0v) is 15.5. The molecule has 1 amide bonds. The Balaban J connectivity index is 2.19. The molecule has 0 bridgehead atoms. The van der Waals surface area contributed by atoms with E-state index >= 15 is 0 Å². The number of halogens is 2. The lowest BCUT2D eigenvalue weighted by molar-refractivity contribution is -0.111. The summed E-state index contributed by atoms with van der Waals surface area (Å²) in [6.45, 7) is 3.43. The molecule has 2 N–H and O–H groups in total. The monoisotopic (exact) mass is 396 g/mol. The summed E-state index contributed by atoms with van der Waals surface area (Å²) < 4.78 is 18.8. The number of nitriles is 1. The molecular formula is C20H14ClFN4O2. The molecular weight excluding hydrogens is 383 g/mol. The number of carbonyl (C=O) groups is 1. The van der Waals surface area contributed by atoms with Crippen LogP contribution in [0.15, 0.2) is 49.2 Å². The Labute approximate surface area is 165 Å². The molecule has 0 aliphatic rings. The Morgan fingerprint density at radius 1 is 1.39 bits per heavy atom.